The van der Waals surface area contributed by atoms with Crippen LogP contribution in [0.25, 0.3) is 0 Å². The molecule has 0 aromatic rings. The third-order valence-corrected chi connectivity index (χ3v) is 4.65. The van der Waals surface area contributed by atoms with Crippen molar-refractivity contribution in [3.63, 3.8) is 0 Å². The Labute approximate surface area is 84.6 Å². The molecule has 0 radical (unpaired) electrons. The Kier molecular flexibility index (Phi) is 2.33. The van der Waals surface area contributed by atoms with E-state index in [1.807, 2.05) is 0 Å². The first-order valence-electron chi connectivity index (χ1n) is 5.00. The Morgan fingerprint density at radius 3 is 1.25 bits per heavy atom. The van der Waals surface area contributed by atoms with Crippen molar-refractivity contribution < 1.29 is 0 Å². The zero-order chi connectivity index (χ0) is 8.66. The van der Waals surface area contributed by atoms with Gasteiger partial charge in [-0.1, -0.05) is 0 Å². The Hall–Kier alpha value is 0.580. The molecule has 12 heavy (non-hydrogen) atoms. The summed E-state index contributed by atoms with van der Waals surface area (Å²) in [4.78, 5) is 0.236. The normalized spacial score (nSPS) is 48.5. The van der Waals surface area contributed by atoms with E-state index in [9.17, 15) is 0 Å². The van der Waals surface area contributed by atoms with Crippen LogP contribution in [-0.4, -0.2) is 9.75 Å². The molecular formula is C10H16Cl2. The van der Waals surface area contributed by atoms with Crippen LogP contribution in [-0.2, 0) is 0 Å². The van der Waals surface area contributed by atoms with E-state index >= 15 is 0 Å². The van der Waals surface area contributed by atoms with Crippen LogP contribution in [0.15, 0.2) is 0 Å². The van der Waals surface area contributed by atoms with Crippen molar-refractivity contribution in [1.29, 1.82) is 0 Å². The van der Waals surface area contributed by atoms with E-state index in [1.165, 1.54) is 38.5 Å². The molecule has 0 amide bonds. The zero-order valence-corrected chi connectivity index (χ0v) is 8.92. The molecule has 2 bridgehead atoms. The highest BCUT2D eigenvalue weighted by Crippen LogP contribution is 2.48. The second-order valence-corrected chi connectivity index (χ2v) is 6.11. The minimum absolute atomic E-state index is 0.118. The van der Waals surface area contributed by atoms with Gasteiger partial charge in [0.25, 0.3) is 0 Å². The molecule has 0 aliphatic heterocycles. The van der Waals surface area contributed by atoms with Crippen molar-refractivity contribution in [2.75, 3.05) is 0 Å². The number of hydrogen-bond acceptors (Lipinski definition) is 0. The van der Waals surface area contributed by atoms with Crippen molar-refractivity contribution in [2.45, 2.75) is 61.1 Å². The summed E-state index contributed by atoms with van der Waals surface area (Å²) in [6.45, 7) is 0. The summed E-state index contributed by atoms with van der Waals surface area (Å²) in [7, 11) is 0. The highest BCUT2D eigenvalue weighted by atomic mass is 35.5. The third-order valence-electron chi connectivity index (χ3n) is 3.52. The van der Waals surface area contributed by atoms with Crippen LogP contribution in [0, 0.1) is 0 Å². The standard InChI is InChI=1S/C10H16Cl2/c11-9-3-1-4-10(12,8-7-9)6-2-5-9/h1-8H2. The van der Waals surface area contributed by atoms with Gasteiger partial charge >= 0.3 is 0 Å². The monoisotopic (exact) mass is 206 g/mol. The molecule has 0 spiro atoms. The fraction of sp³-hybridized carbons (Fsp3) is 1.00. The van der Waals surface area contributed by atoms with Crippen LogP contribution in [0.2, 0.25) is 0 Å². The van der Waals surface area contributed by atoms with Crippen LogP contribution < -0.4 is 0 Å². The summed E-state index contributed by atoms with van der Waals surface area (Å²) in [5, 5.41) is 0. The molecule has 0 nitrogen and oxygen atoms in total. The average molecular weight is 207 g/mol. The number of fused-ring (bicyclic) bond motifs is 3. The lowest BCUT2D eigenvalue weighted by Gasteiger charge is -2.25. The molecule has 2 aliphatic rings. The van der Waals surface area contributed by atoms with E-state index in [1.54, 1.807) is 0 Å². The Balaban J connectivity index is 2.18. The second-order valence-electron chi connectivity index (χ2n) is 4.51. The number of hydrogen-bond donors (Lipinski definition) is 0. The van der Waals surface area contributed by atoms with Gasteiger partial charge < -0.3 is 0 Å². The summed E-state index contributed by atoms with van der Waals surface area (Å²) in [5.41, 5.74) is 0. The fourth-order valence-corrected chi connectivity index (χ4v) is 3.37. The lowest BCUT2D eigenvalue weighted by atomic mass is 9.91. The predicted octanol–water partition coefficient (Wildman–Crippen LogP) is 4.09. The summed E-state index contributed by atoms with van der Waals surface area (Å²) in [5.74, 6) is 0. The molecule has 2 heteroatoms. The number of alkyl halides is 2. The van der Waals surface area contributed by atoms with Gasteiger partial charge in [0.05, 0.1) is 0 Å². The van der Waals surface area contributed by atoms with Gasteiger partial charge in [0, 0.05) is 9.75 Å². The minimum Gasteiger partial charge on any atom is -0.119 e. The molecule has 0 heterocycles. The van der Waals surface area contributed by atoms with Gasteiger partial charge in [-0.15, -0.1) is 23.2 Å². The summed E-state index contributed by atoms with van der Waals surface area (Å²) < 4.78 is 0. The largest absolute Gasteiger partial charge is 0.119 e. The van der Waals surface area contributed by atoms with Crippen molar-refractivity contribution >= 4 is 23.2 Å². The van der Waals surface area contributed by atoms with Gasteiger partial charge in [-0.2, -0.15) is 0 Å². The Morgan fingerprint density at radius 1 is 0.583 bits per heavy atom. The third kappa shape index (κ3) is 1.75. The number of halogens is 2. The lowest BCUT2D eigenvalue weighted by molar-refractivity contribution is 0.427. The molecule has 2 saturated carbocycles. The van der Waals surface area contributed by atoms with Crippen LogP contribution in [0.1, 0.15) is 51.4 Å². The maximum Gasteiger partial charge on any atom is 0.0447 e. The van der Waals surface area contributed by atoms with Gasteiger partial charge in [0.15, 0.2) is 0 Å². The smallest absolute Gasteiger partial charge is 0.0447 e. The minimum atomic E-state index is 0.118. The zero-order valence-electron chi connectivity index (χ0n) is 7.41. The van der Waals surface area contributed by atoms with Gasteiger partial charge in [0.1, 0.15) is 0 Å². The molecule has 0 saturated heterocycles. The molecule has 70 valence electrons. The highest BCUT2D eigenvalue weighted by molar-refractivity contribution is 6.25. The number of rotatable bonds is 0. The van der Waals surface area contributed by atoms with Crippen LogP contribution in [0.3, 0.4) is 0 Å². The molecule has 2 aliphatic carbocycles. The molecule has 2 fully saturated rings. The first-order valence-corrected chi connectivity index (χ1v) is 5.76. The molecule has 2 rings (SSSR count). The Bertz CT molecular complexity index is 149. The first-order chi connectivity index (χ1) is 5.62. The molecule has 0 aromatic heterocycles. The van der Waals surface area contributed by atoms with Crippen molar-refractivity contribution in [2.24, 2.45) is 0 Å². The van der Waals surface area contributed by atoms with Crippen LogP contribution in [0.4, 0.5) is 0 Å². The topological polar surface area (TPSA) is 0 Å². The second kappa shape index (κ2) is 3.06. The van der Waals surface area contributed by atoms with E-state index in [-0.39, 0.29) is 9.75 Å². The maximum atomic E-state index is 6.51. The average Bonchev–Trinajstić information content (AvgIpc) is 2.19. The van der Waals surface area contributed by atoms with E-state index in [4.69, 9.17) is 23.2 Å². The lowest BCUT2D eigenvalue weighted by Crippen LogP contribution is -2.20. The fourth-order valence-electron chi connectivity index (χ4n) is 2.64. The van der Waals surface area contributed by atoms with E-state index < -0.39 is 0 Å². The quantitative estimate of drug-likeness (QED) is 0.525. The van der Waals surface area contributed by atoms with Crippen LogP contribution >= 0.6 is 23.2 Å². The van der Waals surface area contributed by atoms with Crippen molar-refractivity contribution in [3.05, 3.63) is 0 Å². The molecular weight excluding hydrogens is 191 g/mol. The van der Waals surface area contributed by atoms with Crippen molar-refractivity contribution in [1.82, 2.24) is 0 Å². The summed E-state index contributed by atoms with van der Waals surface area (Å²) in [6, 6.07) is 0. The maximum absolute atomic E-state index is 6.51. The first kappa shape index (κ1) is 9.15. The van der Waals surface area contributed by atoms with Gasteiger partial charge in [-0.25, -0.2) is 0 Å². The SMILES string of the molecule is ClC12CCCC(Cl)(CCC1)CC2. The van der Waals surface area contributed by atoms with Gasteiger partial charge in [-0.3, -0.25) is 0 Å². The Morgan fingerprint density at radius 2 is 0.917 bits per heavy atom. The molecule has 0 N–H and O–H groups in total. The predicted molar refractivity (Wildman–Crippen MR) is 54.1 cm³/mol. The molecule has 0 unspecified atom stereocenters. The van der Waals surface area contributed by atoms with Crippen LogP contribution in [0.5, 0.6) is 0 Å². The van der Waals surface area contributed by atoms with E-state index in [0.717, 1.165) is 12.8 Å². The van der Waals surface area contributed by atoms with Gasteiger partial charge in [0.2, 0.25) is 0 Å². The van der Waals surface area contributed by atoms with Gasteiger partial charge in [-0.05, 0) is 51.4 Å². The van der Waals surface area contributed by atoms with Crippen molar-refractivity contribution in [3.8, 4) is 0 Å². The van der Waals surface area contributed by atoms with E-state index in [2.05, 4.69) is 0 Å². The summed E-state index contributed by atoms with van der Waals surface area (Å²) in [6.07, 6.45) is 9.47. The highest BCUT2D eigenvalue weighted by Gasteiger charge is 2.40. The molecule has 0 atom stereocenters. The van der Waals surface area contributed by atoms with E-state index in [0.29, 0.717) is 0 Å². The summed E-state index contributed by atoms with van der Waals surface area (Å²) >= 11 is 13.0. The molecule has 0 aromatic carbocycles.